The largest absolute Gasteiger partial charge is 0.478 e. The number of benzene rings is 3. The Balaban J connectivity index is 1.27. The summed E-state index contributed by atoms with van der Waals surface area (Å²) >= 11 is 0. The van der Waals surface area contributed by atoms with Gasteiger partial charge in [0.25, 0.3) is 0 Å². The number of carbonyl (C=O) groups is 2. The van der Waals surface area contributed by atoms with Gasteiger partial charge in [0.05, 0.1) is 5.56 Å². The first-order valence-corrected chi connectivity index (χ1v) is 10.3. The summed E-state index contributed by atoms with van der Waals surface area (Å²) in [5.41, 5.74) is 4.84. The van der Waals surface area contributed by atoms with Crippen LogP contribution in [0.15, 0.2) is 72.8 Å². The van der Waals surface area contributed by atoms with E-state index in [0.29, 0.717) is 13.0 Å². The molecule has 0 radical (unpaired) electrons. The predicted octanol–water partition coefficient (Wildman–Crippen LogP) is 5.47. The van der Waals surface area contributed by atoms with Crippen LogP contribution >= 0.6 is 0 Å². The van der Waals surface area contributed by atoms with Crippen LogP contribution in [0.2, 0.25) is 0 Å². The van der Waals surface area contributed by atoms with Crippen LogP contribution in [-0.4, -0.2) is 30.3 Å². The Kier molecular flexibility index (Phi) is 6.31. The van der Waals surface area contributed by atoms with Gasteiger partial charge in [0.2, 0.25) is 0 Å². The molecular weight excluding hydrogens is 409 g/mol. The lowest BCUT2D eigenvalue weighted by molar-refractivity contribution is 0.0696. The third kappa shape index (κ3) is 4.54. The van der Waals surface area contributed by atoms with Crippen molar-refractivity contribution in [1.29, 1.82) is 0 Å². The normalized spacial score (nSPS) is 12.4. The molecular formula is C26H22FNO4. The maximum Gasteiger partial charge on any atom is 0.407 e. The smallest absolute Gasteiger partial charge is 0.407 e. The van der Waals surface area contributed by atoms with Crippen molar-refractivity contribution >= 4 is 18.1 Å². The summed E-state index contributed by atoms with van der Waals surface area (Å²) in [6.07, 6.45) is 3.24. The Morgan fingerprint density at radius 1 is 1.00 bits per heavy atom. The van der Waals surface area contributed by atoms with Crippen LogP contribution in [0.1, 0.15) is 39.4 Å². The molecule has 0 heterocycles. The molecule has 0 saturated heterocycles. The first kappa shape index (κ1) is 21.3. The molecule has 1 aliphatic carbocycles. The first-order chi connectivity index (χ1) is 15.5. The maximum atomic E-state index is 13.9. The Labute approximate surface area is 185 Å². The Morgan fingerprint density at radius 3 is 2.28 bits per heavy atom. The van der Waals surface area contributed by atoms with Crippen molar-refractivity contribution in [3.63, 3.8) is 0 Å². The minimum atomic E-state index is -1.17. The summed E-state index contributed by atoms with van der Waals surface area (Å²) in [5, 5.41) is 11.6. The highest BCUT2D eigenvalue weighted by Crippen LogP contribution is 2.44. The number of carbonyl (C=O) groups excluding carboxylic acids is 1. The number of halogens is 1. The zero-order valence-corrected chi connectivity index (χ0v) is 17.3. The molecule has 3 aromatic rings. The fourth-order valence-electron chi connectivity index (χ4n) is 3.91. The van der Waals surface area contributed by atoms with Gasteiger partial charge in [-0.2, -0.15) is 0 Å². The molecule has 5 nitrogen and oxygen atoms in total. The van der Waals surface area contributed by atoms with E-state index in [-0.39, 0.29) is 23.7 Å². The molecule has 162 valence electrons. The van der Waals surface area contributed by atoms with Gasteiger partial charge in [0, 0.05) is 18.0 Å². The summed E-state index contributed by atoms with van der Waals surface area (Å²) in [4.78, 5) is 23.0. The van der Waals surface area contributed by atoms with E-state index < -0.39 is 17.9 Å². The van der Waals surface area contributed by atoms with Crippen LogP contribution in [0, 0.1) is 5.82 Å². The molecule has 1 amide bonds. The third-order valence-corrected chi connectivity index (χ3v) is 5.47. The number of fused-ring (bicyclic) bond motifs is 3. The lowest BCUT2D eigenvalue weighted by Crippen LogP contribution is -2.26. The lowest BCUT2D eigenvalue weighted by atomic mass is 9.98. The SMILES string of the molecule is O=C(NCCC=Cc1ccc(C(=O)O)cc1F)OCC1c2ccccc2-c2ccccc21. The Bertz CT molecular complexity index is 1140. The van der Waals surface area contributed by atoms with Gasteiger partial charge in [0.15, 0.2) is 0 Å². The topological polar surface area (TPSA) is 75.6 Å². The Morgan fingerprint density at radius 2 is 1.66 bits per heavy atom. The van der Waals surface area contributed by atoms with Crippen LogP contribution in [0.25, 0.3) is 17.2 Å². The minimum Gasteiger partial charge on any atom is -0.478 e. The van der Waals surface area contributed by atoms with Crippen molar-refractivity contribution in [1.82, 2.24) is 5.32 Å². The molecule has 6 heteroatoms. The number of aromatic carboxylic acids is 1. The number of carboxylic acid groups (broad SMARTS) is 1. The molecule has 0 saturated carbocycles. The van der Waals surface area contributed by atoms with Gasteiger partial charge in [-0.15, -0.1) is 0 Å². The van der Waals surface area contributed by atoms with Gasteiger partial charge in [-0.3, -0.25) is 0 Å². The molecule has 3 aromatic carbocycles. The molecule has 0 bridgehead atoms. The molecule has 32 heavy (non-hydrogen) atoms. The number of rotatable bonds is 7. The molecule has 0 atom stereocenters. The molecule has 4 rings (SSSR count). The van der Waals surface area contributed by atoms with E-state index in [2.05, 4.69) is 29.6 Å². The van der Waals surface area contributed by atoms with E-state index in [1.807, 2.05) is 24.3 Å². The maximum absolute atomic E-state index is 13.9. The summed E-state index contributed by atoms with van der Waals surface area (Å²) < 4.78 is 19.4. The highest BCUT2D eigenvalue weighted by Gasteiger charge is 2.28. The highest BCUT2D eigenvalue weighted by molar-refractivity contribution is 5.87. The zero-order chi connectivity index (χ0) is 22.5. The van der Waals surface area contributed by atoms with Crippen LogP contribution < -0.4 is 5.32 Å². The molecule has 0 aromatic heterocycles. The van der Waals surface area contributed by atoms with Crippen molar-refractivity contribution in [2.45, 2.75) is 12.3 Å². The average molecular weight is 431 g/mol. The minimum absolute atomic E-state index is 0.00444. The van der Waals surface area contributed by atoms with E-state index in [4.69, 9.17) is 9.84 Å². The molecule has 0 unspecified atom stereocenters. The molecule has 1 aliphatic rings. The number of hydrogen-bond donors (Lipinski definition) is 2. The summed E-state index contributed by atoms with van der Waals surface area (Å²) in [7, 11) is 0. The fourth-order valence-corrected chi connectivity index (χ4v) is 3.91. The van der Waals surface area contributed by atoms with E-state index in [0.717, 1.165) is 17.2 Å². The number of nitrogens with one attached hydrogen (secondary N) is 1. The molecule has 0 aliphatic heterocycles. The second-order valence-electron chi connectivity index (χ2n) is 7.48. The number of hydrogen-bond acceptors (Lipinski definition) is 3. The highest BCUT2D eigenvalue weighted by atomic mass is 19.1. The van der Waals surface area contributed by atoms with E-state index in [1.54, 1.807) is 12.2 Å². The Hall–Kier alpha value is -3.93. The quantitative estimate of drug-likeness (QED) is 0.487. The van der Waals surface area contributed by atoms with Gasteiger partial charge in [-0.1, -0.05) is 66.7 Å². The number of ether oxygens (including phenoxy) is 1. The number of carboxylic acids is 1. The third-order valence-electron chi connectivity index (χ3n) is 5.47. The van der Waals surface area contributed by atoms with Gasteiger partial charge in [0.1, 0.15) is 12.4 Å². The van der Waals surface area contributed by atoms with Crippen molar-refractivity contribution in [2.24, 2.45) is 0 Å². The van der Waals surface area contributed by atoms with Crippen molar-refractivity contribution in [2.75, 3.05) is 13.2 Å². The van der Waals surface area contributed by atoms with Gasteiger partial charge >= 0.3 is 12.1 Å². The fraction of sp³-hybridized carbons (Fsp3) is 0.154. The molecule has 2 N–H and O–H groups in total. The first-order valence-electron chi connectivity index (χ1n) is 10.3. The van der Waals surface area contributed by atoms with Gasteiger partial charge < -0.3 is 15.2 Å². The molecule has 0 fully saturated rings. The summed E-state index contributed by atoms with van der Waals surface area (Å²) in [6.45, 7) is 0.582. The standard InChI is InChI=1S/C26H22FNO4/c27-24-15-18(25(29)30)13-12-17(24)7-5-6-14-28-26(31)32-16-23-21-10-3-1-8-19(21)20-9-2-4-11-22(20)23/h1-5,7-13,15,23H,6,14,16H2,(H,28,31)(H,29,30). The molecule has 0 spiro atoms. The van der Waals surface area contributed by atoms with E-state index >= 15 is 0 Å². The van der Waals surface area contributed by atoms with Crippen molar-refractivity contribution < 1.29 is 23.8 Å². The second-order valence-corrected chi connectivity index (χ2v) is 7.48. The predicted molar refractivity (Wildman–Crippen MR) is 120 cm³/mol. The van der Waals surface area contributed by atoms with Crippen molar-refractivity contribution in [3.8, 4) is 11.1 Å². The lowest BCUT2D eigenvalue weighted by Gasteiger charge is -2.14. The number of alkyl carbamates (subject to hydrolysis) is 1. The van der Waals surface area contributed by atoms with E-state index in [1.165, 1.54) is 23.3 Å². The zero-order valence-electron chi connectivity index (χ0n) is 17.3. The van der Waals surface area contributed by atoms with Crippen LogP contribution in [0.5, 0.6) is 0 Å². The van der Waals surface area contributed by atoms with Gasteiger partial charge in [-0.25, -0.2) is 14.0 Å². The summed E-state index contributed by atoms with van der Waals surface area (Å²) in [6, 6.07) is 20.0. The average Bonchev–Trinajstić information content (AvgIpc) is 3.12. The van der Waals surface area contributed by atoms with Crippen molar-refractivity contribution in [3.05, 3.63) is 101 Å². The van der Waals surface area contributed by atoms with Crippen LogP contribution in [0.3, 0.4) is 0 Å². The summed E-state index contributed by atoms with van der Waals surface area (Å²) in [5.74, 6) is -1.78. The van der Waals surface area contributed by atoms with Crippen LogP contribution in [-0.2, 0) is 4.74 Å². The van der Waals surface area contributed by atoms with Gasteiger partial charge in [-0.05, 0) is 40.8 Å². The number of amides is 1. The van der Waals surface area contributed by atoms with Crippen LogP contribution in [0.4, 0.5) is 9.18 Å². The second kappa shape index (κ2) is 9.47. The van der Waals surface area contributed by atoms with E-state index in [9.17, 15) is 14.0 Å². The monoisotopic (exact) mass is 431 g/mol.